The summed E-state index contributed by atoms with van der Waals surface area (Å²) in [5.41, 5.74) is 0.774. The average molecular weight is 457 g/mol. The van der Waals surface area contributed by atoms with Crippen molar-refractivity contribution in [2.75, 3.05) is 18.4 Å². The van der Waals surface area contributed by atoms with Crippen molar-refractivity contribution in [3.8, 4) is 5.69 Å². The number of hydrogen-bond acceptors (Lipinski definition) is 6. The Morgan fingerprint density at radius 1 is 1.18 bits per heavy atom. The zero-order chi connectivity index (χ0) is 23.2. The summed E-state index contributed by atoms with van der Waals surface area (Å²) >= 11 is 0. The first-order valence-corrected chi connectivity index (χ1v) is 10.7. The van der Waals surface area contributed by atoms with Gasteiger partial charge in [-0.2, -0.15) is 18.3 Å². The molecule has 172 valence electrons. The van der Waals surface area contributed by atoms with Gasteiger partial charge in [0.15, 0.2) is 5.69 Å². The van der Waals surface area contributed by atoms with E-state index in [1.807, 2.05) is 17.9 Å². The summed E-state index contributed by atoms with van der Waals surface area (Å²) in [4.78, 5) is 27.8. The lowest BCUT2D eigenvalue weighted by Gasteiger charge is -2.36. The molecular weight excluding hydrogens is 435 g/mol. The van der Waals surface area contributed by atoms with Crippen LogP contribution in [-0.2, 0) is 6.18 Å². The van der Waals surface area contributed by atoms with Crippen LogP contribution in [0.5, 0.6) is 0 Å². The number of halogens is 3. The van der Waals surface area contributed by atoms with Gasteiger partial charge in [0, 0.05) is 31.0 Å². The molecule has 0 radical (unpaired) electrons. The Kier molecular flexibility index (Phi) is 5.26. The van der Waals surface area contributed by atoms with Gasteiger partial charge in [0.05, 0.1) is 11.3 Å². The first kappa shape index (κ1) is 21.4. The molecule has 1 aliphatic heterocycles. The summed E-state index contributed by atoms with van der Waals surface area (Å²) in [6.45, 7) is 2.84. The van der Waals surface area contributed by atoms with Crippen molar-refractivity contribution < 1.29 is 18.0 Å². The zero-order valence-corrected chi connectivity index (χ0v) is 17.8. The third-order valence-electron chi connectivity index (χ3n) is 6.27. The predicted molar refractivity (Wildman–Crippen MR) is 113 cm³/mol. The van der Waals surface area contributed by atoms with E-state index in [9.17, 15) is 18.0 Å². The maximum Gasteiger partial charge on any atom is 0.417 e. The maximum atomic E-state index is 13.6. The Balaban J connectivity index is 1.36. The van der Waals surface area contributed by atoms with Gasteiger partial charge < -0.3 is 10.2 Å². The minimum Gasteiger partial charge on any atom is -0.368 e. The van der Waals surface area contributed by atoms with Crippen molar-refractivity contribution >= 4 is 11.7 Å². The molecule has 33 heavy (non-hydrogen) atoms. The molecule has 1 saturated carbocycles. The van der Waals surface area contributed by atoms with Crippen LogP contribution in [0.3, 0.4) is 0 Å². The van der Waals surface area contributed by atoms with Gasteiger partial charge in [-0.3, -0.25) is 4.79 Å². The SMILES string of the molecule is Cc1ccc(-n2cncn2)c(C(=O)N2C[C@@H]3CC3C[C@H]2CNc2ccc(C(F)(F)F)cn2)n1. The number of carbonyl (C=O) groups excluding carboxylic acids is 1. The van der Waals surface area contributed by atoms with Crippen LogP contribution in [-0.4, -0.2) is 54.7 Å². The molecule has 2 fully saturated rings. The van der Waals surface area contributed by atoms with Crippen molar-refractivity contribution in [3.05, 3.63) is 60.1 Å². The zero-order valence-electron chi connectivity index (χ0n) is 17.8. The van der Waals surface area contributed by atoms with Crippen molar-refractivity contribution in [2.45, 2.75) is 32.0 Å². The fourth-order valence-electron chi connectivity index (χ4n) is 4.39. The lowest BCUT2D eigenvalue weighted by atomic mass is 10.0. The average Bonchev–Trinajstić information content (AvgIpc) is 3.34. The van der Waals surface area contributed by atoms with E-state index in [0.717, 1.165) is 25.1 Å². The molecule has 4 heterocycles. The Hall–Kier alpha value is -3.50. The Bertz CT molecular complexity index is 1150. The number of rotatable bonds is 5. The van der Waals surface area contributed by atoms with Gasteiger partial charge in [-0.05, 0) is 55.9 Å². The van der Waals surface area contributed by atoms with Gasteiger partial charge in [0.1, 0.15) is 18.5 Å². The molecule has 8 nitrogen and oxygen atoms in total. The van der Waals surface area contributed by atoms with Crippen LogP contribution in [0.4, 0.5) is 19.0 Å². The minimum atomic E-state index is -4.43. The summed E-state index contributed by atoms with van der Waals surface area (Å²) < 4.78 is 39.9. The van der Waals surface area contributed by atoms with E-state index in [-0.39, 0.29) is 11.9 Å². The lowest BCUT2D eigenvalue weighted by molar-refractivity contribution is -0.137. The quantitative estimate of drug-likeness (QED) is 0.632. The van der Waals surface area contributed by atoms with Gasteiger partial charge >= 0.3 is 6.18 Å². The molecule has 0 aromatic carbocycles. The number of amides is 1. The number of pyridine rings is 2. The second kappa shape index (κ2) is 8.13. The minimum absolute atomic E-state index is 0.128. The van der Waals surface area contributed by atoms with E-state index in [0.29, 0.717) is 47.8 Å². The smallest absolute Gasteiger partial charge is 0.368 e. The number of nitrogens with zero attached hydrogens (tertiary/aromatic N) is 6. The maximum absolute atomic E-state index is 13.6. The first-order valence-electron chi connectivity index (χ1n) is 10.7. The molecule has 1 amide bonds. The number of aromatic nitrogens is 5. The number of piperidine rings is 1. The number of aryl methyl sites for hydroxylation is 1. The van der Waals surface area contributed by atoms with E-state index in [4.69, 9.17) is 0 Å². The highest BCUT2D eigenvalue weighted by molar-refractivity contribution is 5.96. The highest BCUT2D eigenvalue weighted by Crippen LogP contribution is 2.47. The molecule has 3 atom stereocenters. The van der Waals surface area contributed by atoms with E-state index in [1.54, 1.807) is 6.07 Å². The summed E-state index contributed by atoms with van der Waals surface area (Å²) in [5, 5.41) is 7.24. The van der Waals surface area contributed by atoms with Crippen LogP contribution in [0.1, 0.15) is 34.6 Å². The molecule has 0 spiro atoms. The number of anilines is 1. The number of nitrogens with one attached hydrogen (secondary N) is 1. The van der Waals surface area contributed by atoms with E-state index < -0.39 is 11.7 Å². The largest absolute Gasteiger partial charge is 0.417 e. The fourth-order valence-corrected chi connectivity index (χ4v) is 4.39. The molecule has 1 N–H and O–H groups in total. The van der Waals surface area contributed by atoms with Crippen LogP contribution < -0.4 is 5.32 Å². The molecule has 2 aliphatic rings. The number of hydrogen-bond donors (Lipinski definition) is 1. The summed E-state index contributed by atoms with van der Waals surface area (Å²) in [7, 11) is 0. The Morgan fingerprint density at radius 3 is 2.73 bits per heavy atom. The van der Waals surface area contributed by atoms with Crippen LogP contribution in [0.2, 0.25) is 0 Å². The van der Waals surface area contributed by atoms with E-state index in [2.05, 4.69) is 25.4 Å². The van der Waals surface area contributed by atoms with Gasteiger partial charge in [-0.25, -0.2) is 19.6 Å². The van der Waals surface area contributed by atoms with E-state index in [1.165, 1.54) is 23.4 Å². The lowest BCUT2D eigenvalue weighted by Crippen LogP contribution is -2.48. The van der Waals surface area contributed by atoms with Crippen molar-refractivity contribution in [1.29, 1.82) is 0 Å². The van der Waals surface area contributed by atoms with Crippen molar-refractivity contribution in [2.24, 2.45) is 11.8 Å². The third kappa shape index (κ3) is 4.39. The van der Waals surface area contributed by atoms with Crippen LogP contribution >= 0.6 is 0 Å². The number of alkyl halides is 3. The molecular formula is C22H22F3N7O. The molecule has 3 aromatic rings. The summed E-state index contributed by atoms with van der Waals surface area (Å²) in [6, 6.07) is 5.79. The third-order valence-corrected chi connectivity index (χ3v) is 6.27. The predicted octanol–water partition coefficient (Wildman–Crippen LogP) is 3.35. The van der Waals surface area contributed by atoms with Crippen molar-refractivity contribution in [3.63, 3.8) is 0 Å². The topological polar surface area (TPSA) is 88.8 Å². The first-order chi connectivity index (χ1) is 15.8. The second-order valence-electron chi connectivity index (χ2n) is 8.57. The van der Waals surface area contributed by atoms with Gasteiger partial charge in [-0.15, -0.1) is 0 Å². The van der Waals surface area contributed by atoms with Gasteiger partial charge in [0.25, 0.3) is 5.91 Å². The normalized spacial score (nSPS) is 22.1. The fraction of sp³-hybridized carbons (Fsp3) is 0.409. The van der Waals surface area contributed by atoms with Crippen molar-refractivity contribution in [1.82, 2.24) is 29.6 Å². The number of fused-ring (bicyclic) bond motifs is 1. The summed E-state index contributed by atoms with van der Waals surface area (Å²) in [6.07, 6.45) is 1.20. The van der Waals surface area contributed by atoms with Crippen LogP contribution in [0.25, 0.3) is 5.69 Å². The molecule has 1 unspecified atom stereocenters. The van der Waals surface area contributed by atoms with Gasteiger partial charge in [-0.1, -0.05) is 0 Å². The Morgan fingerprint density at radius 2 is 2.03 bits per heavy atom. The molecule has 1 saturated heterocycles. The van der Waals surface area contributed by atoms with Crippen LogP contribution in [0.15, 0.2) is 43.1 Å². The Labute approximate surface area is 187 Å². The summed E-state index contributed by atoms with van der Waals surface area (Å²) in [5.74, 6) is 1.20. The highest BCUT2D eigenvalue weighted by atomic mass is 19.4. The molecule has 11 heteroatoms. The monoisotopic (exact) mass is 457 g/mol. The highest BCUT2D eigenvalue weighted by Gasteiger charge is 2.47. The molecule has 0 bridgehead atoms. The molecule has 5 rings (SSSR count). The number of likely N-dealkylation sites (tertiary alicyclic amines) is 1. The second-order valence-corrected chi connectivity index (χ2v) is 8.57. The molecule has 3 aromatic heterocycles. The van der Waals surface area contributed by atoms with E-state index >= 15 is 0 Å². The number of carbonyl (C=O) groups is 1. The van der Waals surface area contributed by atoms with Gasteiger partial charge in [0.2, 0.25) is 0 Å². The molecule has 1 aliphatic carbocycles. The standard InChI is InChI=1S/C22H22F3N7O/c1-13-2-4-18(32-12-26-11-29-32)20(30-13)21(33)31-10-15-6-14(15)7-17(31)9-28-19-5-3-16(8-27-19)22(23,24)25/h2-5,8,11-12,14-15,17H,6-7,9-10H2,1H3,(H,27,28)/t14?,15-,17-/m0/s1. The van der Waals surface area contributed by atoms with Crippen LogP contribution in [0, 0.1) is 18.8 Å².